The first-order valence-electron chi connectivity index (χ1n) is 9.41. The Bertz CT molecular complexity index is 893. The standard InChI is InChI=1S/C22H27N3O/c1-16-6-5-9-21(17(16)2)25-12-10-24(11-13-25)15-22(26)19-14-23-20-8-4-3-7-18(19)20/h3-9,14,22-23,26H,10-13,15H2,1-2H3. The fourth-order valence-corrected chi connectivity index (χ4v) is 3.96. The number of hydrogen-bond acceptors (Lipinski definition) is 3. The second kappa shape index (κ2) is 7.14. The first-order chi connectivity index (χ1) is 12.6. The summed E-state index contributed by atoms with van der Waals surface area (Å²) in [4.78, 5) is 8.10. The fourth-order valence-electron chi connectivity index (χ4n) is 3.96. The summed E-state index contributed by atoms with van der Waals surface area (Å²) in [5, 5.41) is 11.9. The minimum atomic E-state index is -0.460. The predicted molar refractivity (Wildman–Crippen MR) is 108 cm³/mol. The van der Waals surface area contributed by atoms with E-state index in [-0.39, 0.29) is 0 Å². The van der Waals surface area contributed by atoms with E-state index in [2.05, 4.69) is 59.0 Å². The topological polar surface area (TPSA) is 42.5 Å². The van der Waals surface area contributed by atoms with E-state index in [1.54, 1.807) is 0 Å². The third-order valence-corrected chi connectivity index (χ3v) is 5.70. The molecule has 2 heterocycles. The fraction of sp³-hybridized carbons (Fsp3) is 0.364. The zero-order chi connectivity index (χ0) is 18.1. The average Bonchev–Trinajstić information content (AvgIpc) is 3.09. The number of rotatable bonds is 4. The summed E-state index contributed by atoms with van der Waals surface area (Å²) in [6.45, 7) is 9.03. The minimum Gasteiger partial charge on any atom is -0.387 e. The molecule has 0 radical (unpaired) electrons. The molecule has 4 heteroatoms. The van der Waals surface area contributed by atoms with Gasteiger partial charge in [0.2, 0.25) is 0 Å². The first-order valence-corrected chi connectivity index (χ1v) is 9.41. The first kappa shape index (κ1) is 17.1. The van der Waals surface area contributed by atoms with Gasteiger partial charge in [0.15, 0.2) is 0 Å². The Morgan fingerprint density at radius 1 is 1.00 bits per heavy atom. The molecule has 1 atom stereocenters. The third-order valence-electron chi connectivity index (χ3n) is 5.70. The van der Waals surface area contributed by atoms with E-state index in [0.717, 1.165) is 42.6 Å². The number of anilines is 1. The van der Waals surface area contributed by atoms with Crippen molar-refractivity contribution >= 4 is 16.6 Å². The molecule has 2 aromatic carbocycles. The Labute approximate surface area is 155 Å². The molecule has 26 heavy (non-hydrogen) atoms. The number of aryl methyl sites for hydroxylation is 1. The maximum atomic E-state index is 10.7. The van der Waals surface area contributed by atoms with Gasteiger partial charge in [-0.05, 0) is 37.1 Å². The Kier molecular flexibility index (Phi) is 4.70. The normalized spacial score (nSPS) is 17.0. The number of aliphatic hydroxyl groups excluding tert-OH is 1. The van der Waals surface area contributed by atoms with Crippen LogP contribution in [0, 0.1) is 13.8 Å². The van der Waals surface area contributed by atoms with Crippen LogP contribution < -0.4 is 4.90 Å². The van der Waals surface area contributed by atoms with Crippen molar-refractivity contribution in [1.82, 2.24) is 9.88 Å². The van der Waals surface area contributed by atoms with Gasteiger partial charge in [0, 0.05) is 61.1 Å². The van der Waals surface area contributed by atoms with Crippen molar-refractivity contribution in [1.29, 1.82) is 0 Å². The highest BCUT2D eigenvalue weighted by atomic mass is 16.3. The van der Waals surface area contributed by atoms with Crippen molar-refractivity contribution in [2.45, 2.75) is 20.0 Å². The zero-order valence-electron chi connectivity index (χ0n) is 15.6. The number of aromatic nitrogens is 1. The van der Waals surface area contributed by atoms with E-state index in [9.17, 15) is 5.11 Å². The van der Waals surface area contributed by atoms with E-state index in [1.807, 2.05) is 18.3 Å². The molecule has 4 nitrogen and oxygen atoms in total. The van der Waals surface area contributed by atoms with Crippen LogP contribution in [0.3, 0.4) is 0 Å². The van der Waals surface area contributed by atoms with Gasteiger partial charge in [-0.1, -0.05) is 30.3 Å². The van der Waals surface area contributed by atoms with Crippen LogP contribution in [0.15, 0.2) is 48.7 Å². The number of hydrogen-bond donors (Lipinski definition) is 2. The molecule has 0 aliphatic carbocycles. The second-order valence-electron chi connectivity index (χ2n) is 7.31. The van der Waals surface area contributed by atoms with E-state index >= 15 is 0 Å². The number of nitrogens with zero attached hydrogens (tertiary/aromatic N) is 2. The van der Waals surface area contributed by atoms with E-state index in [4.69, 9.17) is 0 Å². The molecule has 3 aromatic rings. The highest BCUT2D eigenvalue weighted by Crippen LogP contribution is 2.26. The number of benzene rings is 2. The monoisotopic (exact) mass is 349 g/mol. The van der Waals surface area contributed by atoms with Crippen LogP contribution in [-0.2, 0) is 0 Å². The summed E-state index contributed by atoms with van der Waals surface area (Å²) < 4.78 is 0. The molecule has 2 N–H and O–H groups in total. The van der Waals surface area contributed by atoms with Crippen molar-refractivity contribution in [3.8, 4) is 0 Å². The van der Waals surface area contributed by atoms with Crippen molar-refractivity contribution in [2.75, 3.05) is 37.6 Å². The summed E-state index contributed by atoms with van der Waals surface area (Å²) in [5.74, 6) is 0. The number of H-pyrrole nitrogens is 1. The van der Waals surface area contributed by atoms with E-state index in [1.165, 1.54) is 16.8 Å². The molecule has 1 aliphatic rings. The van der Waals surface area contributed by atoms with Crippen LogP contribution in [0.4, 0.5) is 5.69 Å². The van der Waals surface area contributed by atoms with Crippen LogP contribution in [-0.4, -0.2) is 47.7 Å². The lowest BCUT2D eigenvalue weighted by atomic mass is 10.1. The van der Waals surface area contributed by atoms with Crippen molar-refractivity contribution in [3.63, 3.8) is 0 Å². The number of aromatic amines is 1. The molecule has 1 saturated heterocycles. The van der Waals surface area contributed by atoms with Gasteiger partial charge in [-0.15, -0.1) is 0 Å². The van der Waals surface area contributed by atoms with E-state index in [0.29, 0.717) is 6.54 Å². The Morgan fingerprint density at radius 3 is 2.58 bits per heavy atom. The predicted octanol–water partition coefficient (Wildman–Crippen LogP) is 3.64. The Balaban J connectivity index is 1.40. The lowest BCUT2D eigenvalue weighted by molar-refractivity contribution is 0.110. The lowest BCUT2D eigenvalue weighted by Crippen LogP contribution is -2.47. The average molecular weight is 349 g/mol. The second-order valence-corrected chi connectivity index (χ2v) is 7.31. The maximum absolute atomic E-state index is 10.7. The van der Waals surface area contributed by atoms with Crippen LogP contribution in [0.2, 0.25) is 0 Å². The molecule has 1 aliphatic heterocycles. The van der Waals surface area contributed by atoms with Crippen molar-refractivity contribution in [2.24, 2.45) is 0 Å². The molecular weight excluding hydrogens is 322 g/mol. The lowest BCUT2D eigenvalue weighted by Gasteiger charge is -2.37. The number of nitrogens with one attached hydrogen (secondary N) is 1. The van der Waals surface area contributed by atoms with Gasteiger partial charge in [-0.25, -0.2) is 0 Å². The van der Waals surface area contributed by atoms with Crippen molar-refractivity contribution in [3.05, 3.63) is 65.4 Å². The summed E-state index contributed by atoms with van der Waals surface area (Å²) in [7, 11) is 0. The number of fused-ring (bicyclic) bond motifs is 1. The number of aliphatic hydroxyl groups is 1. The van der Waals surface area contributed by atoms with Crippen LogP contribution in [0.5, 0.6) is 0 Å². The van der Waals surface area contributed by atoms with Crippen LogP contribution >= 0.6 is 0 Å². The Hall–Kier alpha value is -2.30. The van der Waals surface area contributed by atoms with E-state index < -0.39 is 6.10 Å². The number of β-amino-alcohol motifs (C(OH)–C–C–N with tert-alkyl or cyclic N) is 1. The summed E-state index contributed by atoms with van der Waals surface area (Å²) in [6, 6.07) is 14.7. The molecule has 1 fully saturated rings. The van der Waals surface area contributed by atoms with Gasteiger partial charge in [-0.2, -0.15) is 0 Å². The quantitative estimate of drug-likeness (QED) is 0.756. The maximum Gasteiger partial charge on any atom is 0.0937 e. The number of piperazine rings is 1. The van der Waals surface area contributed by atoms with Gasteiger partial charge in [0.25, 0.3) is 0 Å². The minimum absolute atomic E-state index is 0.460. The van der Waals surface area contributed by atoms with Gasteiger partial charge in [-0.3, -0.25) is 4.90 Å². The van der Waals surface area contributed by atoms with Gasteiger partial charge < -0.3 is 15.0 Å². The molecule has 4 rings (SSSR count). The third kappa shape index (κ3) is 3.22. The smallest absolute Gasteiger partial charge is 0.0937 e. The SMILES string of the molecule is Cc1cccc(N2CCN(CC(O)c3c[nH]c4ccccc34)CC2)c1C. The van der Waals surface area contributed by atoms with Crippen molar-refractivity contribution < 1.29 is 5.11 Å². The molecule has 0 spiro atoms. The molecule has 0 bridgehead atoms. The van der Waals surface area contributed by atoms with Crippen LogP contribution in [0.1, 0.15) is 22.8 Å². The molecule has 1 aromatic heterocycles. The summed E-state index contributed by atoms with van der Waals surface area (Å²) >= 11 is 0. The van der Waals surface area contributed by atoms with Gasteiger partial charge in [0.05, 0.1) is 6.10 Å². The Morgan fingerprint density at radius 2 is 1.77 bits per heavy atom. The number of para-hydroxylation sites is 1. The summed E-state index contributed by atoms with van der Waals surface area (Å²) in [5.41, 5.74) is 6.15. The largest absolute Gasteiger partial charge is 0.387 e. The molecule has 0 amide bonds. The molecular formula is C22H27N3O. The summed E-state index contributed by atoms with van der Waals surface area (Å²) in [6.07, 6.45) is 1.49. The van der Waals surface area contributed by atoms with Crippen LogP contribution in [0.25, 0.3) is 10.9 Å². The molecule has 1 unspecified atom stereocenters. The highest BCUT2D eigenvalue weighted by molar-refractivity contribution is 5.83. The van der Waals surface area contributed by atoms with Gasteiger partial charge >= 0.3 is 0 Å². The molecule has 0 saturated carbocycles. The van der Waals surface area contributed by atoms with Gasteiger partial charge in [0.1, 0.15) is 0 Å². The molecule has 136 valence electrons. The highest BCUT2D eigenvalue weighted by Gasteiger charge is 2.22. The zero-order valence-corrected chi connectivity index (χ0v) is 15.6.